The maximum absolute atomic E-state index is 13.5. The van der Waals surface area contributed by atoms with Crippen LogP contribution in [-0.2, 0) is 0 Å². The molecule has 0 radical (unpaired) electrons. The van der Waals surface area contributed by atoms with Crippen LogP contribution in [0.2, 0.25) is 0 Å². The molecule has 1 N–H and O–H groups in total. The normalized spacial score (nSPS) is 10.3. The minimum absolute atomic E-state index is 0.0227. The van der Waals surface area contributed by atoms with Crippen molar-refractivity contribution in [3.63, 3.8) is 0 Å². The van der Waals surface area contributed by atoms with Crippen LogP contribution in [0, 0.1) is 21.7 Å². The lowest BCUT2D eigenvalue weighted by Crippen LogP contribution is -1.96. The number of halogens is 2. The van der Waals surface area contributed by atoms with Gasteiger partial charge in [-0.3, -0.25) is 10.1 Å². The Labute approximate surface area is 114 Å². The van der Waals surface area contributed by atoms with Crippen LogP contribution in [-0.4, -0.2) is 16.0 Å². The number of nitro benzene ring substituents is 1. The Balaban J connectivity index is 2.31. The van der Waals surface area contributed by atoms with E-state index in [1.165, 1.54) is 12.1 Å². The van der Waals surface area contributed by atoms with Crippen molar-refractivity contribution in [3.05, 3.63) is 50.9 Å². The summed E-state index contributed by atoms with van der Waals surface area (Å²) >= 11 is 0.716. The van der Waals surface area contributed by atoms with Crippen molar-refractivity contribution in [2.24, 2.45) is 0 Å². The highest BCUT2D eigenvalue weighted by molar-refractivity contribution is 7.15. The molecule has 0 aliphatic heterocycles. The number of benzene rings is 1. The van der Waals surface area contributed by atoms with Crippen LogP contribution in [0.4, 0.5) is 14.5 Å². The molecule has 0 saturated carbocycles. The van der Waals surface area contributed by atoms with E-state index in [1.54, 1.807) is 0 Å². The summed E-state index contributed by atoms with van der Waals surface area (Å²) in [5.74, 6) is -4.11. The summed E-state index contributed by atoms with van der Waals surface area (Å²) < 4.78 is 31.8. The standard InChI is InChI=1S/C11H5F2NO5S/c12-5-4-8(6(13)3-7(5)14(17)18)19-10-2-1-9(20-10)11(15)16/h1-4H,(H,15,16). The zero-order valence-electron chi connectivity index (χ0n) is 9.50. The van der Waals surface area contributed by atoms with Crippen molar-refractivity contribution in [1.82, 2.24) is 0 Å². The summed E-state index contributed by atoms with van der Waals surface area (Å²) in [5, 5.41) is 19.1. The second-order valence-corrected chi connectivity index (χ2v) is 4.56. The number of ether oxygens (including phenoxy) is 1. The van der Waals surface area contributed by atoms with Crippen LogP contribution in [0.25, 0.3) is 0 Å². The molecule has 0 aliphatic rings. The number of nitro groups is 1. The molecule has 0 atom stereocenters. The van der Waals surface area contributed by atoms with Gasteiger partial charge in [0, 0.05) is 6.07 Å². The second kappa shape index (κ2) is 5.21. The first-order chi connectivity index (χ1) is 9.38. The van der Waals surface area contributed by atoms with Gasteiger partial charge < -0.3 is 9.84 Å². The van der Waals surface area contributed by atoms with Crippen LogP contribution in [0.3, 0.4) is 0 Å². The van der Waals surface area contributed by atoms with Gasteiger partial charge >= 0.3 is 11.7 Å². The first kappa shape index (κ1) is 13.9. The molecule has 0 saturated heterocycles. The molecule has 0 bridgehead atoms. The molecule has 0 amide bonds. The fourth-order valence-corrected chi connectivity index (χ4v) is 2.04. The molecule has 6 nitrogen and oxygen atoms in total. The van der Waals surface area contributed by atoms with E-state index in [2.05, 4.69) is 0 Å². The van der Waals surface area contributed by atoms with Gasteiger partial charge in [-0.05, 0) is 12.1 Å². The number of carbonyl (C=O) groups is 1. The van der Waals surface area contributed by atoms with Gasteiger partial charge in [-0.1, -0.05) is 11.3 Å². The van der Waals surface area contributed by atoms with Gasteiger partial charge in [0.05, 0.1) is 11.0 Å². The number of carboxylic acids is 1. The molecule has 20 heavy (non-hydrogen) atoms. The zero-order chi connectivity index (χ0) is 14.9. The van der Waals surface area contributed by atoms with E-state index in [0.29, 0.717) is 23.5 Å². The number of aromatic carboxylic acids is 1. The summed E-state index contributed by atoms with van der Waals surface area (Å²) in [5.41, 5.74) is -1.01. The van der Waals surface area contributed by atoms with Crippen molar-refractivity contribution in [2.45, 2.75) is 0 Å². The number of nitrogens with zero attached hydrogens (tertiary/aromatic N) is 1. The Morgan fingerprint density at radius 3 is 2.55 bits per heavy atom. The highest BCUT2D eigenvalue weighted by Crippen LogP contribution is 2.33. The molecule has 104 valence electrons. The highest BCUT2D eigenvalue weighted by Gasteiger charge is 2.20. The first-order valence-corrected chi connectivity index (χ1v) is 5.84. The molecule has 0 fully saturated rings. The van der Waals surface area contributed by atoms with Crippen LogP contribution >= 0.6 is 11.3 Å². The number of carboxylic acid groups (broad SMARTS) is 1. The van der Waals surface area contributed by atoms with E-state index < -0.39 is 34.0 Å². The van der Waals surface area contributed by atoms with Crippen molar-refractivity contribution in [2.75, 3.05) is 0 Å². The molecule has 1 aromatic carbocycles. The van der Waals surface area contributed by atoms with Crippen LogP contribution in [0.1, 0.15) is 9.67 Å². The topological polar surface area (TPSA) is 89.7 Å². The number of rotatable bonds is 4. The van der Waals surface area contributed by atoms with Crippen LogP contribution in [0.5, 0.6) is 10.8 Å². The van der Waals surface area contributed by atoms with E-state index in [4.69, 9.17) is 9.84 Å². The fourth-order valence-electron chi connectivity index (χ4n) is 1.33. The number of hydrogen-bond donors (Lipinski definition) is 1. The van der Waals surface area contributed by atoms with Gasteiger partial charge in [-0.15, -0.1) is 0 Å². The Hall–Kier alpha value is -2.55. The van der Waals surface area contributed by atoms with Gasteiger partial charge in [-0.25, -0.2) is 9.18 Å². The second-order valence-electron chi connectivity index (χ2n) is 3.52. The Bertz CT molecular complexity index is 700. The lowest BCUT2D eigenvalue weighted by Gasteiger charge is -2.04. The van der Waals surface area contributed by atoms with E-state index in [1.807, 2.05) is 0 Å². The summed E-state index contributed by atoms with van der Waals surface area (Å²) in [6.45, 7) is 0. The molecule has 1 aromatic heterocycles. The molecule has 2 aromatic rings. The monoisotopic (exact) mass is 301 g/mol. The minimum Gasteiger partial charge on any atom is -0.477 e. The third-order valence-electron chi connectivity index (χ3n) is 2.20. The fraction of sp³-hybridized carbons (Fsp3) is 0. The van der Waals surface area contributed by atoms with Gasteiger partial charge in [-0.2, -0.15) is 4.39 Å². The van der Waals surface area contributed by atoms with E-state index in [0.717, 1.165) is 0 Å². The SMILES string of the molecule is O=C(O)c1ccc(Oc2cc(F)c([N+](=O)[O-])cc2F)s1. The van der Waals surface area contributed by atoms with E-state index in [9.17, 15) is 23.7 Å². The van der Waals surface area contributed by atoms with Gasteiger partial charge in [0.15, 0.2) is 16.6 Å². The Kier molecular flexibility index (Phi) is 3.61. The summed E-state index contributed by atoms with van der Waals surface area (Å²) in [7, 11) is 0. The predicted octanol–water partition coefficient (Wildman–Crippen LogP) is 3.43. The summed E-state index contributed by atoms with van der Waals surface area (Å²) in [6.07, 6.45) is 0. The lowest BCUT2D eigenvalue weighted by atomic mass is 10.3. The van der Waals surface area contributed by atoms with Crippen LogP contribution < -0.4 is 4.74 Å². The Morgan fingerprint density at radius 2 is 2.00 bits per heavy atom. The van der Waals surface area contributed by atoms with Gasteiger partial charge in [0.2, 0.25) is 5.82 Å². The molecule has 0 unspecified atom stereocenters. The predicted molar refractivity (Wildman–Crippen MR) is 64.4 cm³/mol. The first-order valence-electron chi connectivity index (χ1n) is 5.03. The van der Waals surface area contributed by atoms with Gasteiger partial charge in [0.1, 0.15) is 4.88 Å². The zero-order valence-corrected chi connectivity index (χ0v) is 10.3. The van der Waals surface area contributed by atoms with Crippen molar-refractivity contribution >= 4 is 23.0 Å². The highest BCUT2D eigenvalue weighted by atomic mass is 32.1. The average Bonchev–Trinajstić information content (AvgIpc) is 2.81. The minimum atomic E-state index is -1.25. The smallest absolute Gasteiger partial charge is 0.345 e. The lowest BCUT2D eigenvalue weighted by molar-refractivity contribution is -0.387. The number of hydrogen-bond acceptors (Lipinski definition) is 5. The molecule has 0 aliphatic carbocycles. The third-order valence-corrected chi connectivity index (χ3v) is 3.15. The Morgan fingerprint density at radius 1 is 1.30 bits per heavy atom. The van der Waals surface area contributed by atoms with Crippen LogP contribution in [0.15, 0.2) is 24.3 Å². The quantitative estimate of drug-likeness (QED) is 0.690. The maximum atomic E-state index is 13.5. The third kappa shape index (κ3) is 2.72. The average molecular weight is 301 g/mol. The molecular formula is C11H5F2NO5S. The maximum Gasteiger partial charge on any atom is 0.345 e. The summed E-state index contributed by atoms with van der Waals surface area (Å²) in [6, 6.07) is 3.44. The summed E-state index contributed by atoms with van der Waals surface area (Å²) in [4.78, 5) is 20.0. The molecular weight excluding hydrogens is 296 g/mol. The van der Waals surface area contributed by atoms with Crippen molar-refractivity contribution in [3.8, 4) is 10.8 Å². The largest absolute Gasteiger partial charge is 0.477 e. The molecule has 0 spiro atoms. The van der Waals surface area contributed by atoms with Crippen molar-refractivity contribution < 1.29 is 28.3 Å². The number of thiophene rings is 1. The molecule has 1 heterocycles. The van der Waals surface area contributed by atoms with E-state index in [-0.39, 0.29) is 9.94 Å². The molecule has 2 rings (SSSR count). The molecule has 9 heteroatoms. The van der Waals surface area contributed by atoms with Gasteiger partial charge in [0.25, 0.3) is 0 Å². The van der Waals surface area contributed by atoms with E-state index >= 15 is 0 Å². The van der Waals surface area contributed by atoms with Crippen molar-refractivity contribution in [1.29, 1.82) is 0 Å².